The summed E-state index contributed by atoms with van der Waals surface area (Å²) < 4.78 is 26.6. The number of piperazine rings is 1. The minimum absolute atomic E-state index is 0. The second kappa shape index (κ2) is 9.69. The van der Waals surface area contributed by atoms with Gasteiger partial charge in [-0.15, -0.1) is 12.4 Å². The molecule has 0 radical (unpaired) electrons. The highest BCUT2D eigenvalue weighted by atomic mass is 35.5. The molecular weight excluding hydrogens is 374 g/mol. The van der Waals surface area contributed by atoms with Crippen LogP contribution in [-0.2, 0) is 20.6 Å². The molecule has 0 saturated carbocycles. The summed E-state index contributed by atoms with van der Waals surface area (Å²) in [5.41, 5.74) is 0.797. The quantitative estimate of drug-likeness (QED) is 0.783. The van der Waals surface area contributed by atoms with Gasteiger partial charge in [0.2, 0.25) is 15.9 Å². The van der Waals surface area contributed by atoms with Crippen LogP contribution in [0.15, 0.2) is 30.3 Å². The van der Waals surface area contributed by atoms with Crippen molar-refractivity contribution in [1.82, 2.24) is 14.5 Å². The monoisotopic (exact) mass is 401 g/mol. The van der Waals surface area contributed by atoms with E-state index >= 15 is 0 Å². The van der Waals surface area contributed by atoms with Crippen molar-refractivity contribution in [3.05, 3.63) is 35.9 Å². The van der Waals surface area contributed by atoms with Crippen LogP contribution in [-0.4, -0.2) is 62.8 Å². The molecule has 1 atom stereocenters. The Morgan fingerprint density at radius 2 is 1.81 bits per heavy atom. The van der Waals surface area contributed by atoms with E-state index < -0.39 is 10.0 Å². The van der Waals surface area contributed by atoms with Crippen LogP contribution in [0, 0.1) is 5.92 Å². The molecule has 2 fully saturated rings. The summed E-state index contributed by atoms with van der Waals surface area (Å²) in [6.45, 7) is 3.85. The molecule has 1 N–H and O–H groups in total. The van der Waals surface area contributed by atoms with Crippen LogP contribution in [0.25, 0.3) is 0 Å². The van der Waals surface area contributed by atoms with Crippen molar-refractivity contribution < 1.29 is 13.2 Å². The van der Waals surface area contributed by atoms with Crippen molar-refractivity contribution in [2.24, 2.45) is 5.92 Å². The van der Waals surface area contributed by atoms with E-state index in [1.54, 1.807) is 0 Å². The Morgan fingerprint density at radius 3 is 2.42 bits per heavy atom. The van der Waals surface area contributed by atoms with Crippen LogP contribution in [0.4, 0.5) is 0 Å². The number of benzene rings is 1. The van der Waals surface area contributed by atoms with Crippen molar-refractivity contribution in [1.29, 1.82) is 0 Å². The zero-order valence-corrected chi connectivity index (χ0v) is 16.6. The van der Waals surface area contributed by atoms with Crippen molar-refractivity contribution in [2.75, 3.05) is 39.3 Å². The molecule has 1 unspecified atom stereocenters. The number of hydrogen-bond acceptors (Lipinski definition) is 4. The maximum atomic E-state index is 12.5. The van der Waals surface area contributed by atoms with Crippen LogP contribution in [0.2, 0.25) is 0 Å². The first kappa shape index (κ1) is 21.2. The van der Waals surface area contributed by atoms with E-state index in [4.69, 9.17) is 0 Å². The highest BCUT2D eigenvalue weighted by Gasteiger charge is 2.29. The zero-order chi connectivity index (χ0) is 17.7. The Labute approximate surface area is 162 Å². The third-order valence-electron chi connectivity index (χ3n) is 5.11. The van der Waals surface area contributed by atoms with Crippen LogP contribution in [0.3, 0.4) is 0 Å². The molecular formula is C18H28ClN3O3S. The van der Waals surface area contributed by atoms with Gasteiger partial charge in [0.1, 0.15) is 0 Å². The molecule has 0 aliphatic carbocycles. The molecule has 3 rings (SSSR count). The maximum absolute atomic E-state index is 12.5. The normalized spacial score (nSPS) is 21.4. The lowest BCUT2D eigenvalue weighted by Gasteiger charge is -2.34. The maximum Gasteiger partial charge on any atom is 0.222 e. The summed E-state index contributed by atoms with van der Waals surface area (Å²) in [5.74, 6) is 0.791. The molecule has 2 saturated heterocycles. The third-order valence-corrected chi connectivity index (χ3v) is 6.96. The van der Waals surface area contributed by atoms with Crippen molar-refractivity contribution in [2.45, 2.75) is 25.0 Å². The Hall–Kier alpha value is -1.15. The van der Waals surface area contributed by atoms with Crippen molar-refractivity contribution >= 4 is 28.3 Å². The molecule has 2 aliphatic heterocycles. The molecule has 1 aromatic rings. The lowest BCUT2D eigenvalue weighted by molar-refractivity contribution is -0.132. The van der Waals surface area contributed by atoms with Gasteiger partial charge in [-0.05, 0) is 37.4 Å². The number of sulfonamides is 1. The van der Waals surface area contributed by atoms with Gasteiger partial charge < -0.3 is 10.2 Å². The fourth-order valence-electron chi connectivity index (χ4n) is 3.54. The van der Waals surface area contributed by atoms with Crippen LogP contribution < -0.4 is 5.32 Å². The fraction of sp³-hybridized carbons (Fsp3) is 0.611. The van der Waals surface area contributed by atoms with E-state index in [9.17, 15) is 13.2 Å². The first-order valence-corrected chi connectivity index (χ1v) is 10.7. The number of hydrogen-bond donors (Lipinski definition) is 1. The molecule has 0 aromatic heterocycles. The highest BCUT2D eigenvalue weighted by molar-refractivity contribution is 7.88. The average molecular weight is 402 g/mol. The second-order valence-electron chi connectivity index (χ2n) is 6.92. The average Bonchev–Trinajstić information content (AvgIpc) is 3.14. The van der Waals surface area contributed by atoms with E-state index in [1.807, 2.05) is 35.2 Å². The minimum atomic E-state index is -3.32. The van der Waals surface area contributed by atoms with Crippen molar-refractivity contribution in [3.63, 3.8) is 0 Å². The first-order chi connectivity index (χ1) is 12.0. The molecule has 0 spiro atoms. The largest absolute Gasteiger partial charge is 0.340 e. The number of carbonyl (C=O) groups is 1. The molecule has 1 amide bonds. The van der Waals surface area contributed by atoms with E-state index in [0.717, 1.165) is 31.5 Å². The number of halogens is 1. The summed E-state index contributed by atoms with van der Waals surface area (Å²) in [5, 5.41) is 3.32. The zero-order valence-electron chi connectivity index (χ0n) is 15.0. The van der Waals surface area contributed by atoms with Crippen LogP contribution >= 0.6 is 12.4 Å². The van der Waals surface area contributed by atoms with Gasteiger partial charge in [0.25, 0.3) is 0 Å². The van der Waals surface area contributed by atoms with Gasteiger partial charge in [-0.2, -0.15) is 4.31 Å². The number of nitrogens with zero attached hydrogens (tertiary/aromatic N) is 2. The van der Waals surface area contributed by atoms with Crippen LogP contribution in [0.1, 0.15) is 24.8 Å². The Bertz CT molecular complexity index is 670. The Kier molecular flexibility index (Phi) is 7.88. The standard InChI is InChI=1S/C18H27N3O3S.ClH/c22-18(7-6-16-8-9-19-14-16)20-10-12-21(13-11-20)25(23,24)15-17-4-2-1-3-5-17;/h1-5,16,19H,6-15H2;1H. The van der Waals surface area contributed by atoms with Gasteiger partial charge in [-0.25, -0.2) is 8.42 Å². The van der Waals surface area contributed by atoms with Gasteiger partial charge >= 0.3 is 0 Å². The van der Waals surface area contributed by atoms with E-state index in [0.29, 0.717) is 38.5 Å². The number of rotatable bonds is 6. The SMILES string of the molecule is Cl.O=C(CCC1CCNC1)N1CCN(S(=O)(=O)Cc2ccccc2)CC1. The van der Waals surface area contributed by atoms with E-state index in [1.165, 1.54) is 4.31 Å². The molecule has 146 valence electrons. The minimum Gasteiger partial charge on any atom is -0.340 e. The van der Waals surface area contributed by atoms with Gasteiger partial charge in [0.15, 0.2) is 0 Å². The van der Waals surface area contributed by atoms with Gasteiger partial charge in [0, 0.05) is 32.6 Å². The number of carbonyl (C=O) groups excluding carboxylic acids is 1. The smallest absolute Gasteiger partial charge is 0.222 e. The van der Waals surface area contributed by atoms with Gasteiger partial charge in [-0.1, -0.05) is 30.3 Å². The molecule has 0 bridgehead atoms. The van der Waals surface area contributed by atoms with Crippen molar-refractivity contribution in [3.8, 4) is 0 Å². The lowest BCUT2D eigenvalue weighted by atomic mass is 10.0. The Morgan fingerprint density at radius 1 is 1.12 bits per heavy atom. The topological polar surface area (TPSA) is 69.7 Å². The predicted molar refractivity (Wildman–Crippen MR) is 105 cm³/mol. The number of amides is 1. The van der Waals surface area contributed by atoms with E-state index in [2.05, 4.69) is 5.32 Å². The summed E-state index contributed by atoms with van der Waals surface area (Å²) in [7, 11) is -3.32. The molecule has 6 nitrogen and oxygen atoms in total. The molecule has 2 heterocycles. The number of nitrogens with one attached hydrogen (secondary N) is 1. The second-order valence-corrected chi connectivity index (χ2v) is 8.89. The summed E-state index contributed by atoms with van der Waals surface area (Å²) in [6.07, 6.45) is 2.65. The third kappa shape index (κ3) is 5.67. The first-order valence-electron chi connectivity index (χ1n) is 9.05. The fourth-order valence-corrected chi connectivity index (χ4v) is 5.05. The molecule has 2 aliphatic rings. The van der Waals surface area contributed by atoms with Gasteiger partial charge in [0.05, 0.1) is 5.75 Å². The molecule has 26 heavy (non-hydrogen) atoms. The van der Waals surface area contributed by atoms with E-state index in [-0.39, 0.29) is 24.1 Å². The highest BCUT2D eigenvalue weighted by Crippen LogP contribution is 2.17. The summed E-state index contributed by atoms with van der Waals surface area (Å²) >= 11 is 0. The Balaban J connectivity index is 0.00000243. The molecule has 8 heteroatoms. The summed E-state index contributed by atoms with van der Waals surface area (Å²) in [6, 6.07) is 9.23. The van der Waals surface area contributed by atoms with Gasteiger partial charge in [-0.3, -0.25) is 4.79 Å². The molecule has 1 aromatic carbocycles. The summed E-state index contributed by atoms with van der Waals surface area (Å²) in [4.78, 5) is 14.2. The predicted octanol–water partition coefficient (Wildman–Crippen LogP) is 1.47. The lowest BCUT2D eigenvalue weighted by Crippen LogP contribution is -2.50. The van der Waals surface area contributed by atoms with Crippen LogP contribution in [0.5, 0.6) is 0 Å².